The maximum Gasteiger partial charge on any atom is 0.317 e. The van der Waals surface area contributed by atoms with E-state index in [1.165, 1.54) is 0 Å². The Hall–Kier alpha value is -2.93. The third-order valence-electron chi connectivity index (χ3n) is 3.67. The summed E-state index contributed by atoms with van der Waals surface area (Å²) in [6, 6.07) is 10.5. The number of amides is 2. The molecule has 0 atom stereocenters. The van der Waals surface area contributed by atoms with Crippen LogP contribution in [-0.4, -0.2) is 22.1 Å². The average molecular weight is 368 g/mol. The Bertz CT molecular complexity index is 873. The van der Waals surface area contributed by atoms with Crippen LogP contribution in [0.4, 0.5) is 4.79 Å². The largest absolute Gasteiger partial charge is 0.426 e. The number of ether oxygens (including phenoxy) is 1. The maximum atomic E-state index is 12.0. The number of aromatic nitrogens is 1. The number of benzene rings is 1. The lowest BCUT2D eigenvalue weighted by molar-refractivity contribution is -0.133. The SMILES string of the molecule is CCc1ccc(CC(=O)Oc2ccc(/C=C3\SC(=O)NC3=O)cc2)nc1. The van der Waals surface area contributed by atoms with Crippen molar-refractivity contribution >= 4 is 35.0 Å². The molecule has 6 nitrogen and oxygen atoms in total. The molecule has 26 heavy (non-hydrogen) atoms. The standard InChI is InChI=1S/C19H16N2O4S/c1-2-12-3-6-14(20-11-12)10-17(22)25-15-7-4-13(5-8-15)9-16-18(23)21-19(24)26-16/h3-9,11H,2,10H2,1H3,(H,21,23,24)/b16-9-. The molecule has 0 bridgehead atoms. The number of hydrogen-bond acceptors (Lipinski definition) is 6. The number of hydrogen-bond donors (Lipinski definition) is 1. The van der Waals surface area contributed by atoms with Crippen molar-refractivity contribution in [2.75, 3.05) is 0 Å². The van der Waals surface area contributed by atoms with Gasteiger partial charge >= 0.3 is 5.97 Å². The van der Waals surface area contributed by atoms with Gasteiger partial charge in [-0.25, -0.2) is 0 Å². The maximum absolute atomic E-state index is 12.0. The lowest BCUT2D eigenvalue weighted by atomic mass is 10.2. The topological polar surface area (TPSA) is 85.4 Å². The van der Waals surface area contributed by atoms with Crippen molar-refractivity contribution in [1.29, 1.82) is 0 Å². The van der Waals surface area contributed by atoms with Crippen LogP contribution in [0.3, 0.4) is 0 Å². The zero-order chi connectivity index (χ0) is 18.5. The number of pyridine rings is 1. The van der Waals surface area contributed by atoms with Crippen LogP contribution in [0, 0.1) is 0 Å². The van der Waals surface area contributed by atoms with Crippen LogP contribution >= 0.6 is 11.8 Å². The van der Waals surface area contributed by atoms with Gasteiger partial charge in [0, 0.05) is 6.20 Å². The van der Waals surface area contributed by atoms with Crippen LogP contribution in [0.2, 0.25) is 0 Å². The van der Waals surface area contributed by atoms with Gasteiger partial charge in [0.25, 0.3) is 11.1 Å². The second-order valence-corrected chi connectivity index (χ2v) is 6.60. The predicted octanol–water partition coefficient (Wildman–Crippen LogP) is 3.12. The second-order valence-electron chi connectivity index (χ2n) is 5.58. The first-order valence-electron chi connectivity index (χ1n) is 8.03. The summed E-state index contributed by atoms with van der Waals surface area (Å²) in [5.74, 6) is -0.400. The summed E-state index contributed by atoms with van der Waals surface area (Å²) < 4.78 is 5.30. The van der Waals surface area contributed by atoms with Gasteiger partial charge in [0.2, 0.25) is 0 Å². The molecule has 1 aliphatic heterocycles. The molecule has 0 unspecified atom stereocenters. The Kier molecular flexibility index (Phi) is 5.48. The number of aryl methyl sites for hydroxylation is 1. The number of imide groups is 1. The van der Waals surface area contributed by atoms with Crippen molar-refractivity contribution in [1.82, 2.24) is 10.3 Å². The molecule has 1 fully saturated rings. The van der Waals surface area contributed by atoms with Crippen LogP contribution in [0.15, 0.2) is 47.5 Å². The van der Waals surface area contributed by atoms with E-state index in [1.807, 2.05) is 19.1 Å². The third-order valence-corrected chi connectivity index (χ3v) is 4.48. The monoisotopic (exact) mass is 368 g/mol. The van der Waals surface area contributed by atoms with Gasteiger partial charge in [-0.2, -0.15) is 0 Å². The Morgan fingerprint density at radius 3 is 2.54 bits per heavy atom. The molecule has 7 heteroatoms. The van der Waals surface area contributed by atoms with E-state index in [-0.39, 0.29) is 11.7 Å². The lowest BCUT2D eigenvalue weighted by Crippen LogP contribution is -2.17. The van der Waals surface area contributed by atoms with Gasteiger partial charge in [0.15, 0.2) is 0 Å². The van der Waals surface area contributed by atoms with E-state index in [0.29, 0.717) is 16.3 Å². The van der Waals surface area contributed by atoms with Crippen molar-refractivity contribution in [3.63, 3.8) is 0 Å². The number of nitrogens with one attached hydrogen (secondary N) is 1. The second kappa shape index (κ2) is 7.97. The summed E-state index contributed by atoms with van der Waals surface area (Å²) in [6.07, 6.45) is 4.35. The summed E-state index contributed by atoms with van der Waals surface area (Å²) >= 11 is 0.856. The normalized spacial score (nSPS) is 15.2. The Balaban J connectivity index is 1.60. The predicted molar refractivity (Wildman–Crippen MR) is 98.5 cm³/mol. The van der Waals surface area contributed by atoms with Crippen LogP contribution in [-0.2, 0) is 22.4 Å². The number of rotatable bonds is 5. The molecule has 1 aromatic carbocycles. The highest BCUT2D eigenvalue weighted by atomic mass is 32.2. The van der Waals surface area contributed by atoms with Crippen LogP contribution in [0.5, 0.6) is 5.75 Å². The van der Waals surface area contributed by atoms with Crippen molar-refractivity contribution < 1.29 is 19.1 Å². The number of carbonyl (C=O) groups excluding carboxylic acids is 3. The molecule has 1 saturated heterocycles. The summed E-state index contributed by atoms with van der Waals surface area (Å²) in [5.41, 5.74) is 2.50. The Morgan fingerprint density at radius 1 is 1.19 bits per heavy atom. The molecule has 1 aliphatic rings. The smallest absolute Gasteiger partial charge is 0.317 e. The van der Waals surface area contributed by atoms with Gasteiger partial charge in [0.05, 0.1) is 17.0 Å². The summed E-state index contributed by atoms with van der Waals surface area (Å²) in [6.45, 7) is 2.04. The van der Waals surface area contributed by atoms with Gasteiger partial charge < -0.3 is 4.74 Å². The number of nitrogens with zero attached hydrogens (tertiary/aromatic N) is 1. The highest BCUT2D eigenvalue weighted by molar-refractivity contribution is 8.18. The lowest BCUT2D eigenvalue weighted by Gasteiger charge is -2.05. The van der Waals surface area contributed by atoms with Gasteiger partial charge in [-0.15, -0.1) is 0 Å². The zero-order valence-corrected chi connectivity index (χ0v) is 14.8. The molecule has 0 spiro atoms. The molecular formula is C19H16N2O4S. The fourth-order valence-corrected chi connectivity index (χ4v) is 2.97. The number of esters is 1. The minimum atomic E-state index is -0.405. The highest BCUT2D eigenvalue weighted by Gasteiger charge is 2.24. The molecule has 1 aromatic heterocycles. The van der Waals surface area contributed by atoms with Crippen molar-refractivity contribution in [2.24, 2.45) is 0 Å². The van der Waals surface area contributed by atoms with Gasteiger partial charge in [-0.1, -0.05) is 25.1 Å². The molecule has 2 amide bonds. The van der Waals surface area contributed by atoms with E-state index in [1.54, 1.807) is 36.5 Å². The van der Waals surface area contributed by atoms with Gasteiger partial charge in [0.1, 0.15) is 5.75 Å². The minimum absolute atomic E-state index is 0.0920. The zero-order valence-electron chi connectivity index (χ0n) is 14.0. The van der Waals surface area contributed by atoms with Crippen LogP contribution in [0.1, 0.15) is 23.7 Å². The van der Waals surface area contributed by atoms with Crippen molar-refractivity contribution in [3.8, 4) is 5.75 Å². The van der Waals surface area contributed by atoms with Crippen LogP contribution in [0.25, 0.3) is 6.08 Å². The van der Waals surface area contributed by atoms with E-state index >= 15 is 0 Å². The van der Waals surface area contributed by atoms with Gasteiger partial charge in [-0.3, -0.25) is 24.7 Å². The average Bonchev–Trinajstić information content (AvgIpc) is 2.94. The molecule has 0 radical (unpaired) electrons. The number of carbonyl (C=O) groups is 3. The quantitative estimate of drug-likeness (QED) is 0.496. The first-order chi connectivity index (χ1) is 12.5. The first-order valence-corrected chi connectivity index (χ1v) is 8.84. The molecular weight excluding hydrogens is 352 g/mol. The first kappa shape index (κ1) is 17.9. The fourth-order valence-electron chi connectivity index (χ4n) is 2.29. The summed E-state index contributed by atoms with van der Waals surface area (Å²) in [4.78, 5) is 39.2. The minimum Gasteiger partial charge on any atom is -0.426 e. The molecule has 132 valence electrons. The Morgan fingerprint density at radius 2 is 1.96 bits per heavy atom. The molecule has 2 aromatic rings. The molecule has 3 rings (SSSR count). The highest BCUT2D eigenvalue weighted by Crippen LogP contribution is 2.26. The number of thioether (sulfide) groups is 1. The van der Waals surface area contributed by atoms with E-state index in [0.717, 1.165) is 29.3 Å². The third kappa shape index (κ3) is 4.58. The fraction of sp³-hybridized carbons (Fsp3) is 0.158. The van der Waals surface area contributed by atoms with Crippen molar-refractivity contribution in [2.45, 2.75) is 19.8 Å². The van der Waals surface area contributed by atoms with E-state index < -0.39 is 11.9 Å². The van der Waals surface area contributed by atoms with E-state index in [9.17, 15) is 14.4 Å². The molecule has 0 saturated carbocycles. The van der Waals surface area contributed by atoms with E-state index in [4.69, 9.17) is 4.74 Å². The van der Waals surface area contributed by atoms with E-state index in [2.05, 4.69) is 10.3 Å². The summed E-state index contributed by atoms with van der Waals surface area (Å²) in [7, 11) is 0. The van der Waals surface area contributed by atoms with Crippen molar-refractivity contribution in [3.05, 3.63) is 64.3 Å². The molecule has 2 heterocycles. The van der Waals surface area contributed by atoms with Crippen LogP contribution < -0.4 is 10.1 Å². The Labute approximate surface area is 154 Å². The molecule has 1 N–H and O–H groups in total. The summed E-state index contributed by atoms with van der Waals surface area (Å²) in [5, 5.41) is 1.81. The molecule has 0 aliphatic carbocycles. The van der Waals surface area contributed by atoms with Gasteiger partial charge in [-0.05, 0) is 53.6 Å².